The van der Waals surface area contributed by atoms with E-state index in [1.165, 1.54) is 9.75 Å². The number of nitrogens with one attached hydrogen (secondary N) is 1. The van der Waals surface area contributed by atoms with Crippen molar-refractivity contribution < 1.29 is 9.53 Å². The van der Waals surface area contributed by atoms with E-state index >= 15 is 0 Å². The summed E-state index contributed by atoms with van der Waals surface area (Å²) >= 11 is 1.88. The molecule has 0 bridgehead atoms. The molecule has 134 valence electrons. The number of nitrogens with zero attached hydrogens (tertiary/aromatic N) is 2. The molecule has 4 heterocycles. The number of likely N-dealkylation sites (tertiary alicyclic amines) is 1. The van der Waals surface area contributed by atoms with Gasteiger partial charge in [0.05, 0.1) is 12.7 Å². The second-order valence-electron chi connectivity index (χ2n) is 7.22. The standard InChI is InChI=1S/C19H25N3O2S/c1-13-5-6-15(25-13)9-22-10-16-14(12-24-18(16)11-22)8-20-19(23)17-4-3-7-21(17)2/h3-7,14,16,18H,8-12H2,1-2H3,(H,20,23)/t14-,16-,18-/m1/s1. The molecule has 1 N–H and O–H groups in total. The minimum Gasteiger partial charge on any atom is -0.376 e. The third-order valence-electron chi connectivity index (χ3n) is 5.39. The van der Waals surface area contributed by atoms with Crippen LogP contribution in [0, 0.1) is 18.8 Å². The van der Waals surface area contributed by atoms with E-state index < -0.39 is 0 Å². The highest BCUT2D eigenvalue weighted by Crippen LogP contribution is 2.34. The van der Waals surface area contributed by atoms with Crippen molar-refractivity contribution in [2.45, 2.75) is 19.6 Å². The van der Waals surface area contributed by atoms with Gasteiger partial charge in [-0.15, -0.1) is 11.3 Å². The first kappa shape index (κ1) is 16.8. The van der Waals surface area contributed by atoms with Gasteiger partial charge in [0.15, 0.2) is 0 Å². The van der Waals surface area contributed by atoms with Crippen LogP contribution in [-0.2, 0) is 18.3 Å². The van der Waals surface area contributed by atoms with Gasteiger partial charge in [-0.25, -0.2) is 0 Å². The molecule has 5 nitrogen and oxygen atoms in total. The lowest BCUT2D eigenvalue weighted by Crippen LogP contribution is -2.34. The van der Waals surface area contributed by atoms with Crippen molar-refractivity contribution in [3.8, 4) is 0 Å². The van der Waals surface area contributed by atoms with Gasteiger partial charge in [0.25, 0.3) is 5.91 Å². The average Bonchev–Trinajstić information content (AvgIpc) is 3.32. The monoisotopic (exact) mass is 359 g/mol. The molecule has 2 aliphatic rings. The third kappa shape index (κ3) is 3.52. The molecule has 25 heavy (non-hydrogen) atoms. The molecule has 2 saturated heterocycles. The first-order chi connectivity index (χ1) is 12.1. The van der Waals surface area contributed by atoms with E-state index in [1.54, 1.807) is 0 Å². The van der Waals surface area contributed by atoms with Crippen molar-refractivity contribution in [1.29, 1.82) is 0 Å². The molecule has 0 unspecified atom stereocenters. The fraction of sp³-hybridized carbons (Fsp3) is 0.526. The number of hydrogen-bond donors (Lipinski definition) is 1. The van der Waals surface area contributed by atoms with Crippen molar-refractivity contribution in [1.82, 2.24) is 14.8 Å². The number of hydrogen-bond acceptors (Lipinski definition) is 4. The minimum absolute atomic E-state index is 0.000126. The maximum atomic E-state index is 12.3. The number of rotatable bonds is 5. The maximum absolute atomic E-state index is 12.3. The first-order valence-corrected chi connectivity index (χ1v) is 9.70. The summed E-state index contributed by atoms with van der Waals surface area (Å²) in [5, 5.41) is 3.09. The summed E-state index contributed by atoms with van der Waals surface area (Å²) in [5.74, 6) is 0.930. The van der Waals surface area contributed by atoms with Crippen LogP contribution in [0.4, 0.5) is 0 Å². The molecule has 2 fully saturated rings. The highest BCUT2D eigenvalue weighted by molar-refractivity contribution is 7.11. The predicted molar refractivity (Wildman–Crippen MR) is 98.8 cm³/mol. The van der Waals surface area contributed by atoms with Crippen LogP contribution >= 0.6 is 11.3 Å². The molecule has 3 atom stereocenters. The van der Waals surface area contributed by atoms with Crippen molar-refractivity contribution in [3.63, 3.8) is 0 Å². The van der Waals surface area contributed by atoms with E-state index in [4.69, 9.17) is 4.74 Å². The summed E-state index contributed by atoms with van der Waals surface area (Å²) in [7, 11) is 1.89. The van der Waals surface area contributed by atoms with E-state index in [0.717, 1.165) is 26.2 Å². The number of aryl methyl sites for hydroxylation is 2. The quantitative estimate of drug-likeness (QED) is 0.891. The molecule has 1 amide bonds. The van der Waals surface area contributed by atoms with Gasteiger partial charge in [-0.3, -0.25) is 9.69 Å². The van der Waals surface area contributed by atoms with E-state index in [9.17, 15) is 4.79 Å². The van der Waals surface area contributed by atoms with Crippen LogP contribution in [0.3, 0.4) is 0 Å². The molecule has 0 aromatic carbocycles. The molecular formula is C19H25N3O2S. The number of thiophene rings is 1. The van der Waals surface area contributed by atoms with Crippen LogP contribution in [0.15, 0.2) is 30.5 Å². The van der Waals surface area contributed by atoms with Crippen LogP contribution in [0.5, 0.6) is 0 Å². The smallest absolute Gasteiger partial charge is 0.267 e. The zero-order chi connectivity index (χ0) is 17.4. The third-order valence-corrected chi connectivity index (χ3v) is 6.38. The van der Waals surface area contributed by atoms with Gasteiger partial charge in [0, 0.05) is 61.0 Å². The van der Waals surface area contributed by atoms with E-state index in [2.05, 4.69) is 29.3 Å². The summed E-state index contributed by atoms with van der Waals surface area (Å²) in [6.07, 6.45) is 2.21. The molecule has 0 aliphatic carbocycles. The van der Waals surface area contributed by atoms with E-state index in [-0.39, 0.29) is 5.91 Å². The Morgan fingerprint density at radius 1 is 1.36 bits per heavy atom. The van der Waals surface area contributed by atoms with Crippen LogP contribution in [0.25, 0.3) is 0 Å². The predicted octanol–water partition coefficient (Wildman–Crippen LogP) is 2.27. The molecule has 2 aromatic heterocycles. The van der Waals surface area contributed by atoms with Crippen LogP contribution < -0.4 is 5.32 Å². The number of aromatic nitrogens is 1. The zero-order valence-corrected chi connectivity index (χ0v) is 15.6. The van der Waals surface area contributed by atoms with E-state index in [0.29, 0.717) is 30.2 Å². The largest absolute Gasteiger partial charge is 0.376 e. The Hall–Kier alpha value is -1.63. The van der Waals surface area contributed by atoms with Crippen molar-refractivity contribution in [2.24, 2.45) is 18.9 Å². The molecular weight excluding hydrogens is 334 g/mol. The summed E-state index contributed by atoms with van der Waals surface area (Å²) in [6.45, 7) is 6.68. The fourth-order valence-corrected chi connectivity index (χ4v) is 4.95. The summed E-state index contributed by atoms with van der Waals surface area (Å²) in [6, 6.07) is 8.16. The highest BCUT2D eigenvalue weighted by atomic mass is 32.1. The fourth-order valence-electron chi connectivity index (χ4n) is 4.02. The number of carbonyl (C=O) groups is 1. The summed E-state index contributed by atoms with van der Waals surface area (Å²) in [4.78, 5) is 17.6. The Bertz CT molecular complexity index is 753. The average molecular weight is 359 g/mol. The second kappa shape index (κ2) is 6.94. The molecule has 0 saturated carbocycles. The minimum atomic E-state index is -0.000126. The Balaban J connectivity index is 1.31. The lowest BCUT2D eigenvalue weighted by Gasteiger charge is -2.19. The van der Waals surface area contributed by atoms with Crippen LogP contribution in [0.2, 0.25) is 0 Å². The molecule has 2 aromatic rings. The first-order valence-electron chi connectivity index (χ1n) is 8.89. The maximum Gasteiger partial charge on any atom is 0.267 e. The molecule has 6 heteroatoms. The number of ether oxygens (including phenoxy) is 1. The number of carbonyl (C=O) groups excluding carboxylic acids is 1. The zero-order valence-electron chi connectivity index (χ0n) is 14.8. The molecule has 0 spiro atoms. The van der Waals surface area contributed by atoms with Gasteiger partial charge in [-0.1, -0.05) is 0 Å². The lowest BCUT2D eigenvalue weighted by molar-refractivity contribution is 0.0900. The Morgan fingerprint density at radius 2 is 2.24 bits per heavy atom. The van der Waals surface area contributed by atoms with Crippen molar-refractivity contribution in [3.05, 3.63) is 45.9 Å². The summed E-state index contributed by atoms with van der Waals surface area (Å²) < 4.78 is 7.87. The van der Waals surface area contributed by atoms with Gasteiger partial charge in [0.2, 0.25) is 0 Å². The van der Waals surface area contributed by atoms with E-state index in [1.807, 2.05) is 41.3 Å². The number of amides is 1. The van der Waals surface area contributed by atoms with Crippen molar-refractivity contribution in [2.75, 3.05) is 26.2 Å². The SMILES string of the molecule is Cc1ccc(CN2C[C@@H]3[C@H](CNC(=O)c4cccn4C)CO[C@@H]3C2)s1. The Labute approximate surface area is 152 Å². The lowest BCUT2D eigenvalue weighted by atomic mass is 9.93. The van der Waals surface area contributed by atoms with Gasteiger partial charge in [0.1, 0.15) is 5.69 Å². The van der Waals surface area contributed by atoms with Gasteiger partial charge in [-0.05, 0) is 31.2 Å². The number of fused-ring (bicyclic) bond motifs is 1. The van der Waals surface area contributed by atoms with Gasteiger partial charge >= 0.3 is 0 Å². The van der Waals surface area contributed by atoms with Gasteiger partial charge < -0.3 is 14.6 Å². The van der Waals surface area contributed by atoms with Gasteiger partial charge in [-0.2, -0.15) is 0 Å². The highest BCUT2D eigenvalue weighted by Gasteiger charge is 2.43. The molecule has 2 aliphatic heterocycles. The van der Waals surface area contributed by atoms with Crippen LogP contribution in [-0.4, -0.2) is 47.7 Å². The molecule has 0 radical (unpaired) electrons. The Morgan fingerprint density at radius 3 is 2.96 bits per heavy atom. The summed E-state index contributed by atoms with van der Waals surface area (Å²) in [5.41, 5.74) is 0.705. The topological polar surface area (TPSA) is 46.5 Å². The normalized spacial score (nSPS) is 26.1. The Kier molecular flexibility index (Phi) is 4.67. The van der Waals surface area contributed by atoms with Crippen LogP contribution in [0.1, 0.15) is 20.2 Å². The van der Waals surface area contributed by atoms with Crippen molar-refractivity contribution >= 4 is 17.2 Å². The molecule has 4 rings (SSSR count). The second-order valence-corrected chi connectivity index (χ2v) is 8.59.